The van der Waals surface area contributed by atoms with Crippen LogP contribution in [0.2, 0.25) is 0 Å². The molecule has 3 rings (SSSR count). The number of amides is 1. The summed E-state index contributed by atoms with van der Waals surface area (Å²) in [5.74, 6) is -0.0675. The normalized spacial score (nSPS) is 10.7. The summed E-state index contributed by atoms with van der Waals surface area (Å²) in [5.41, 5.74) is 7.22. The van der Waals surface area contributed by atoms with Gasteiger partial charge in [-0.05, 0) is 57.0 Å². The Kier molecular flexibility index (Phi) is 4.75. The summed E-state index contributed by atoms with van der Waals surface area (Å²) in [5, 5.41) is 3.02. The monoisotopic (exact) mass is 332 g/mol. The first-order chi connectivity index (χ1) is 11.9. The van der Waals surface area contributed by atoms with Crippen molar-refractivity contribution in [1.82, 2.24) is 4.57 Å². The van der Waals surface area contributed by atoms with E-state index in [-0.39, 0.29) is 5.91 Å². The van der Waals surface area contributed by atoms with E-state index in [2.05, 4.69) is 47.1 Å². The zero-order chi connectivity index (χ0) is 18.0. The molecule has 0 atom stereocenters. The topological polar surface area (TPSA) is 34.0 Å². The number of nitrogens with zero attached hydrogens (tertiary/aromatic N) is 1. The van der Waals surface area contributed by atoms with Gasteiger partial charge in [-0.2, -0.15) is 0 Å². The van der Waals surface area contributed by atoms with Crippen LogP contribution < -0.4 is 5.32 Å². The Balaban J connectivity index is 1.90. The summed E-state index contributed by atoms with van der Waals surface area (Å²) >= 11 is 0. The lowest BCUT2D eigenvalue weighted by molar-refractivity contribution is 0.101. The van der Waals surface area contributed by atoms with Crippen molar-refractivity contribution < 1.29 is 4.79 Å². The minimum absolute atomic E-state index is 0.0675. The first-order valence-corrected chi connectivity index (χ1v) is 8.54. The number of aromatic nitrogens is 1. The zero-order valence-corrected chi connectivity index (χ0v) is 15.3. The molecular weight excluding hydrogens is 308 g/mol. The van der Waals surface area contributed by atoms with Crippen LogP contribution in [-0.2, 0) is 6.54 Å². The van der Waals surface area contributed by atoms with Gasteiger partial charge in [-0.3, -0.25) is 4.79 Å². The van der Waals surface area contributed by atoms with E-state index in [4.69, 9.17) is 0 Å². The summed E-state index contributed by atoms with van der Waals surface area (Å²) < 4.78 is 2.09. The van der Waals surface area contributed by atoms with Gasteiger partial charge in [0.2, 0.25) is 0 Å². The number of carbonyl (C=O) groups excluding carboxylic acids is 1. The maximum absolute atomic E-state index is 12.9. The second-order valence-electron chi connectivity index (χ2n) is 6.71. The molecule has 3 nitrogen and oxygen atoms in total. The number of aryl methyl sites for hydroxylation is 4. The van der Waals surface area contributed by atoms with Crippen molar-refractivity contribution in [3.63, 3.8) is 0 Å². The Morgan fingerprint density at radius 1 is 0.920 bits per heavy atom. The summed E-state index contributed by atoms with van der Waals surface area (Å²) in [6.07, 6.45) is 0. The second-order valence-corrected chi connectivity index (χ2v) is 6.71. The lowest BCUT2D eigenvalue weighted by Crippen LogP contribution is -2.19. The molecule has 0 aliphatic heterocycles. The summed E-state index contributed by atoms with van der Waals surface area (Å²) in [4.78, 5) is 12.9. The van der Waals surface area contributed by atoms with Crippen molar-refractivity contribution in [3.05, 3.63) is 88.2 Å². The highest BCUT2D eigenvalue weighted by Crippen LogP contribution is 2.20. The molecule has 1 N–H and O–H groups in total. The van der Waals surface area contributed by atoms with Crippen molar-refractivity contribution in [3.8, 4) is 0 Å². The van der Waals surface area contributed by atoms with E-state index in [1.807, 2.05) is 45.0 Å². The number of hydrogen-bond donors (Lipinski definition) is 1. The van der Waals surface area contributed by atoms with Crippen molar-refractivity contribution in [2.75, 3.05) is 5.32 Å². The Hall–Kier alpha value is -2.81. The molecule has 128 valence electrons. The molecule has 0 fully saturated rings. The summed E-state index contributed by atoms with van der Waals surface area (Å²) in [6.45, 7) is 8.85. The standard InChI is InChI=1S/C22H24N2O/c1-15-8-10-20(11-9-15)23-22(25)21-17(3)13-18(4)24(21)14-19-7-5-6-16(2)12-19/h5-13H,14H2,1-4H3,(H,23,25). The van der Waals surface area contributed by atoms with Gasteiger partial charge < -0.3 is 9.88 Å². The van der Waals surface area contributed by atoms with Gasteiger partial charge >= 0.3 is 0 Å². The van der Waals surface area contributed by atoms with Gasteiger partial charge in [0.25, 0.3) is 5.91 Å². The van der Waals surface area contributed by atoms with Crippen LogP contribution in [0.1, 0.15) is 38.4 Å². The van der Waals surface area contributed by atoms with Crippen LogP contribution in [0.4, 0.5) is 5.69 Å². The molecule has 0 spiro atoms. The minimum atomic E-state index is -0.0675. The number of anilines is 1. The van der Waals surface area contributed by atoms with Crippen LogP contribution in [-0.4, -0.2) is 10.5 Å². The summed E-state index contributed by atoms with van der Waals surface area (Å²) in [6, 6.07) is 18.3. The molecule has 3 aromatic rings. The molecule has 1 amide bonds. The van der Waals surface area contributed by atoms with Crippen molar-refractivity contribution in [2.45, 2.75) is 34.2 Å². The van der Waals surface area contributed by atoms with Crippen LogP contribution in [0.15, 0.2) is 54.6 Å². The van der Waals surface area contributed by atoms with Crippen molar-refractivity contribution in [1.29, 1.82) is 0 Å². The average molecular weight is 332 g/mol. The molecule has 0 saturated carbocycles. The van der Waals surface area contributed by atoms with E-state index < -0.39 is 0 Å². The van der Waals surface area contributed by atoms with Gasteiger partial charge in [0.15, 0.2) is 0 Å². The third-order valence-corrected chi connectivity index (χ3v) is 4.44. The highest BCUT2D eigenvalue weighted by molar-refractivity contribution is 6.04. The van der Waals surface area contributed by atoms with E-state index >= 15 is 0 Å². The fourth-order valence-corrected chi connectivity index (χ4v) is 3.17. The van der Waals surface area contributed by atoms with E-state index in [9.17, 15) is 4.79 Å². The van der Waals surface area contributed by atoms with Gasteiger partial charge in [-0.1, -0.05) is 47.5 Å². The predicted octanol–water partition coefficient (Wildman–Crippen LogP) is 5.02. The third-order valence-electron chi connectivity index (χ3n) is 4.44. The second kappa shape index (κ2) is 6.98. The number of rotatable bonds is 4. The maximum atomic E-state index is 12.9. The van der Waals surface area contributed by atoms with Gasteiger partial charge in [-0.25, -0.2) is 0 Å². The van der Waals surface area contributed by atoms with Gasteiger partial charge in [0.05, 0.1) is 0 Å². The molecule has 25 heavy (non-hydrogen) atoms. The fourth-order valence-electron chi connectivity index (χ4n) is 3.17. The highest BCUT2D eigenvalue weighted by Gasteiger charge is 2.17. The lowest BCUT2D eigenvalue weighted by Gasteiger charge is -2.13. The predicted molar refractivity (Wildman–Crippen MR) is 103 cm³/mol. The van der Waals surface area contributed by atoms with Gasteiger partial charge in [-0.15, -0.1) is 0 Å². The average Bonchev–Trinajstić information content (AvgIpc) is 2.83. The number of nitrogens with one attached hydrogen (secondary N) is 1. The molecular formula is C22H24N2O. The largest absolute Gasteiger partial charge is 0.336 e. The van der Waals surface area contributed by atoms with E-state index in [1.165, 1.54) is 16.7 Å². The number of hydrogen-bond acceptors (Lipinski definition) is 1. The first kappa shape index (κ1) is 17.0. The third kappa shape index (κ3) is 3.82. The smallest absolute Gasteiger partial charge is 0.272 e. The molecule has 0 aliphatic rings. The van der Waals surface area contributed by atoms with E-state index in [1.54, 1.807) is 0 Å². The Morgan fingerprint density at radius 3 is 2.32 bits per heavy atom. The Morgan fingerprint density at radius 2 is 1.64 bits per heavy atom. The highest BCUT2D eigenvalue weighted by atomic mass is 16.2. The van der Waals surface area contributed by atoms with Crippen LogP contribution in [0.3, 0.4) is 0 Å². The van der Waals surface area contributed by atoms with E-state index in [0.29, 0.717) is 6.54 Å². The van der Waals surface area contributed by atoms with Gasteiger partial charge in [0, 0.05) is 17.9 Å². The number of carbonyl (C=O) groups is 1. The number of benzene rings is 2. The molecule has 1 heterocycles. The molecule has 0 aliphatic carbocycles. The quantitative estimate of drug-likeness (QED) is 0.715. The van der Waals surface area contributed by atoms with Crippen LogP contribution in [0, 0.1) is 27.7 Å². The maximum Gasteiger partial charge on any atom is 0.272 e. The van der Waals surface area contributed by atoms with Crippen LogP contribution in [0.5, 0.6) is 0 Å². The van der Waals surface area contributed by atoms with Crippen LogP contribution >= 0.6 is 0 Å². The molecule has 0 radical (unpaired) electrons. The molecule has 0 saturated heterocycles. The first-order valence-electron chi connectivity index (χ1n) is 8.54. The van der Waals surface area contributed by atoms with Crippen molar-refractivity contribution in [2.24, 2.45) is 0 Å². The lowest BCUT2D eigenvalue weighted by atomic mass is 10.1. The Labute approximate surface area is 149 Å². The minimum Gasteiger partial charge on any atom is -0.336 e. The molecule has 1 aromatic heterocycles. The van der Waals surface area contributed by atoms with E-state index in [0.717, 1.165) is 22.6 Å². The van der Waals surface area contributed by atoms with Crippen LogP contribution in [0.25, 0.3) is 0 Å². The zero-order valence-electron chi connectivity index (χ0n) is 15.3. The van der Waals surface area contributed by atoms with Crippen molar-refractivity contribution >= 4 is 11.6 Å². The molecule has 0 bridgehead atoms. The molecule has 2 aromatic carbocycles. The molecule has 0 unspecified atom stereocenters. The SMILES string of the molecule is Cc1ccc(NC(=O)c2c(C)cc(C)n2Cc2cccc(C)c2)cc1. The molecule has 3 heteroatoms. The fraction of sp³-hybridized carbons (Fsp3) is 0.227. The Bertz CT molecular complexity index is 904. The van der Waals surface area contributed by atoms with Gasteiger partial charge in [0.1, 0.15) is 5.69 Å². The summed E-state index contributed by atoms with van der Waals surface area (Å²) in [7, 11) is 0.